The van der Waals surface area contributed by atoms with E-state index in [9.17, 15) is 0 Å². The third-order valence-corrected chi connectivity index (χ3v) is 2.97. The number of ether oxygens (including phenoxy) is 1. The van der Waals surface area contributed by atoms with E-state index in [-0.39, 0.29) is 16.7 Å². The first kappa shape index (κ1) is 11.8. The molecule has 2 atom stereocenters. The Morgan fingerprint density at radius 1 is 1.31 bits per heavy atom. The molecule has 2 rings (SSSR count). The van der Waals surface area contributed by atoms with E-state index in [1.807, 2.05) is 0 Å². The Balaban J connectivity index is 1.94. The highest BCUT2D eigenvalue weighted by Crippen LogP contribution is 2.20. The number of rotatable bonds is 3. The molecule has 0 aliphatic carbocycles. The number of anilines is 1. The molecule has 1 saturated heterocycles. The van der Waals surface area contributed by atoms with Crippen LogP contribution in [0.5, 0.6) is 0 Å². The van der Waals surface area contributed by atoms with Gasteiger partial charge in [-0.15, -0.1) is 0 Å². The van der Waals surface area contributed by atoms with E-state index in [0.29, 0.717) is 11.9 Å². The van der Waals surface area contributed by atoms with E-state index in [1.165, 1.54) is 0 Å². The second kappa shape index (κ2) is 5.12. The molecular weight excluding hydrogens is 251 g/mol. The molecule has 16 heavy (non-hydrogen) atoms. The maximum Gasteiger partial charge on any atom is 0.228 e. The van der Waals surface area contributed by atoms with Crippen LogP contribution in [0.3, 0.4) is 0 Å². The van der Waals surface area contributed by atoms with Crippen LogP contribution in [0.2, 0.25) is 10.6 Å². The molecule has 0 amide bonds. The molecule has 0 radical (unpaired) electrons. The average Bonchev–Trinajstić information content (AvgIpc) is 2.59. The zero-order chi connectivity index (χ0) is 11.5. The molecule has 0 spiro atoms. The topological polar surface area (TPSA) is 59.9 Å². The van der Waals surface area contributed by atoms with Crippen LogP contribution in [0, 0.1) is 5.92 Å². The quantitative estimate of drug-likeness (QED) is 0.903. The summed E-state index contributed by atoms with van der Waals surface area (Å²) < 4.78 is 5.46. The largest absolute Gasteiger partial charge is 0.378 e. The fourth-order valence-corrected chi connectivity index (χ4v) is 2.03. The second-order valence-corrected chi connectivity index (χ2v) is 4.38. The van der Waals surface area contributed by atoms with Crippen molar-refractivity contribution in [3.8, 4) is 0 Å². The predicted octanol–water partition coefficient (Wildman–Crippen LogP) is 2.02. The minimum absolute atomic E-state index is 0.0956. The molecule has 1 aliphatic heterocycles. The monoisotopic (exact) mass is 262 g/mol. The van der Waals surface area contributed by atoms with Gasteiger partial charge in [0.05, 0.1) is 6.10 Å². The number of aromatic nitrogens is 3. The number of halogens is 2. The Morgan fingerprint density at radius 3 is 2.56 bits per heavy atom. The lowest BCUT2D eigenvalue weighted by Gasteiger charge is -2.14. The van der Waals surface area contributed by atoms with Gasteiger partial charge in [0.25, 0.3) is 0 Å². The average molecular weight is 263 g/mol. The standard InChI is InChI=1S/C9H12Cl2N4O/c1-5-6(2-3-16-5)4-12-9-14-7(10)13-8(11)15-9/h5-6H,2-4H2,1H3,(H,12,13,14,15). The van der Waals surface area contributed by atoms with Crippen LogP contribution in [-0.4, -0.2) is 34.2 Å². The summed E-state index contributed by atoms with van der Waals surface area (Å²) in [5.74, 6) is 0.874. The van der Waals surface area contributed by atoms with E-state index in [1.54, 1.807) is 0 Å². The summed E-state index contributed by atoms with van der Waals surface area (Å²) in [4.78, 5) is 11.5. The van der Waals surface area contributed by atoms with E-state index in [2.05, 4.69) is 27.2 Å². The van der Waals surface area contributed by atoms with Gasteiger partial charge in [-0.05, 0) is 36.5 Å². The highest BCUT2D eigenvalue weighted by atomic mass is 35.5. The van der Waals surface area contributed by atoms with Crippen LogP contribution >= 0.6 is 23.2 Å². The van der Waals surface area contributed by atoms with Gasteiger partial charge < -0.3 is 10.1 Å². The van der Waals surface area contributed by atoms with Crippen molar-refractivity contribution in [3.63, 3.8) is 0 Å². The molecule has 0 bridgehead atoms. The molecule has 2 unspecified atom stereocenters. The summed E-state index contributed by atoms with van der Waals surface area (Å²) in [5.41, 5.74) is 0. The van der Waals surface area contributed by atoms with Crippen LogP contribution in [0.4, 0.5) is 5.95 Å². The van der Waals surface area contributed by atoms with Crippen LogP contribution in [-0.2, 0) is 4.74 Å². The molecule has 5 nitrogen and oxygen atoms in total. The van der Waals surface area contributed by atoms with Crippen molar-refractivity contribution in [2.24, 2.45) is 5.92 Å². The molecule has 0 aromatic carbocycles. The van der Waals surface area contributed by atoms with Crippen molar-refractivity contribution in [1.29, 1.82) is 0 Å². The van der Waals surface area contributed by atoms with Crippen molar-refractivity contribution in [2.75, 3.05) is 18.5 Å². The third-order valence-electron chi connectivity index (χ3n) is 2.64. The summed E-state index contributed by atoms with van der Waals surface area (Å²) in [5, 5.41) is 3.28. The lowest BCUT2D eigenvalue weighted by atomic mass is 10.0. The first-order valence-electron chi connectivity index (χ1n) is 5.07. The lowest BCUT2D eigenvalue weighted by molar-refractivity contribution is 0.108. The molecule has 0 saturated carbocycles. The number of nitrogens with zero attached hydrogens (tertiary/aromatic N) is 3. The Bertz CT molecular complexity index is 356. The van der Waals surface area contributed by atoms with Gasteiger partial charge in [0, 0.05) is 19.1 Å². The van der Waals surface area contributed by atoms with Gasteiger partial charge >= 0.3 is 0 Å². The molecule has 2 heterocycles. The van der Waals surface area contributed by atoms with Gasteiger partial charge in [-0.3, -0.25) is 0 Å². The minimum atomic E-state index is 0.0956. The maximum atomic E-state index is 5.66. The van der Waals surface area contributed by atoms with Crippen LogP contribution < -0.4 is 5.32 Å². The fraction of sp³-hybridized carbons (Fsp3) is 0.667. The number of hydrogen-bond donors (Lipinski definition) is 1. The normalized spacial score (nSPS) is 24.7. The Labute approximate surface area is 104 Å². The first-order chi connectivity index (χ1) is 7.65. The molecule has 88 valence electrons. The highest BCUT2D eigenvalue weighted by molar-refractivity contribution is 6.31. The first-order valence-corrected chi connectivity index (χ1v) is 5.83. The van der Waals surface area contributed by atoms with Crippen molar-refractivity contribution in [2.45, 2.75) is 19.4 Å². The maximum absolute atomic E-state index is 5.66. The zero-order valence-corrected chi connectivity index (χ0v) is 10.3. The van der Waals surface area contributed by atoms with Crippen LogP contribution in [0.1, 0.15) is 13.3 Å². The fourth-order valence-electron chi connectivity index (χ4n) is 1.67. The van der Waals surface area contributed by atoms with Crippen molar-refractivity contribution in [3.05, 3.63) is 10.6 Å². The molecule has 1 aliphatic rings. The lowest BCUT2D eigenvalue weighted by Crippen LogP contribution is -2.21. The Kier molecular flexibility index (Phi) is 3.78. The number of nitrogens with one attached hydrogen (secondary N) is 1. The van der Waals surface area contributed by atoms with E-state index >= 15 is 0 Å². The smallest absolute Gasteiger partial charge is 0.228 e. The van der Waals surface area contributed by atoms with Gasteiger partial charge in [0.15, 0.2) is 0 Å². The summed E-state index contributed by atoms with van der Waals surface area (Å²) in [6.07, 6.45) is 1.31. The summed E-state index contributed by atoms with van der Waals surface area (Å²) in [6, 6.07) is 0. The Hall–Kier alpha value is -0.650. The number of hydrogen-bond acceptors (Lipinski definition) is 5. The SMILES string of the molecule is CC1OCCC1CNc1nc(Cl)nc(Cl)n1. The summed E-state index contributed by atoms with van der Waals surface area (Å²) >= 11 is 11.3. The highest BCUT2D eigenvalue weighted by Gasteiger charge is 2.24. The van der Waals surface area contributed by atoms with E-state index < -0.39 is 0 Å². The van der Waals surface area contributed by atoms with Crippen molar-refractivity contribution in [1.82, 2.24) is 15.0 Å². The predicted molar refractivity (Wildman–Crippen MR) is 61.9 cm³/mol. The van der Waals surface area contributed by atoms with Crippen molar-refractivity contribution >= 4 is 29.2 Å². The molecular formula is C9H12Cl2N4O. The van der Waals surface area contributed by atoms with Gasteiger partial charge in [0.1, 0.15) is 0 Å². The van der Waals surface area contributed by atoms with E-state index in [4.69, 9.17) is 27.9 Å². The van der Waals surface area contributed by atoms with Gasteiger partial charge in [-0.2, -0.15) is 15.0 Å². The second-order valence-electron chi connectivity index (χ2n) is 3.70. The third kappa shape index (κ3) is 2.93. The van der Waals surface area contributed by atoms with E-state index in [0.717, 1.165) is 19.6 Å². The Morgan fingerprint density at radius 2 is 2.00 bits per heavy atom. The molecule has 1 aromatic heterocycles. The van der Waals surface area contributed by atoms with Crippen molar-refractivity contribution < 1.29 is 4.74 Å². The van der Waals surface area contributed by atoms with Gasteiger partial charge in [-0.25, -0.2) is 0 Å². The minimum Gasteiger partial charge on any atom is -0.378 e. The van der Waals surface area contributed by atoms with Gasteiger partial charge in [0.2, 0.25) is 16.5 Å². The summed E-state index contributed by atoms with van der Waals surface area (Å²) in [6.45, 7) is 3.62. The van der Waals surface area contributed by atoms with Crippen LogP contribution in [0.25, 0.3) is 0 Å². The molecule has 1 fully saturated rings. The van der Waals surface area contributed by atoms with Gasteiger partial charge in [-0.1, -0.05) is 0 Å². The summed E-state index contributed by atoms with van der Waals surface area (Å²) in [7, 11) is 0. The molecule has 1 aromatic rings. The zero-order valence-electron chi connectivity index (χ0n) is 8.78. The van der Waals surface area contributed by atoms with Crippen LogP contribution in [0.15, 0.2) is 0 Å². The molecule has 7 heteroatoms. The molecule has 1 N–H and O–H groups in total.